The first kappa shape index (κ1) is 29.0. The van der Waals surface area contributed by atoms with Crippen molar-refractivity contribution in [1.82, 2.24) is 8.79 Å². The molecule has 4 rings (SSSR count). The number of amides is 1. The fraction of sp³-hybridized carbons (Fsp3) is 0.406. The van der Waals surface area contributed by atoms with E-state index in [1.54, 1.807) is 26.2 Å². The van der Waals surface area contributed by atoms with Gasteiger partial charge in [0.25, 0.3) is 0 Å². The number of carbonyl (C=O) groups excluding carboxylic acids is 1. The van der Waals surface area contributed by atoms with Crippen LogP contribution < -0.4 is 18.1 Å². The van der Waals surface area contributed by atoms with E-state index in [0.29, 0.717) is 12.6 Å². The van der Waals surface area contributed by atoms with Crippen LogP contribution in [0.4, 0.5) is 5.69 Å². The fourth-order valence-corrected chi connectivity index (χ4v) is 6.39. The zero-order valence-electron chi connectivity index (χ0n) is 24.0. The average Bonchev–Trinajstić information content (AvgIpc) is 2.96. The average molecular weight is 550 g/mol. The number of likely N-dealkylation sites (N-methyl/N-ethyl adjacent to an activating group) is 1. The number of nitrogens with zero attached hydrogens (tertiary/aromatic N) is 2. The Morgan fingerprint density at radius 2 is 1.77 bits per heavy atom. The van der Waals surface area contributed by atoms with Gasteiger partial charge in [0.05, 0.1) is 38.7 Å². The number of benzene rings is 3. The molecule has 3 unspecified atom stereocenters. The highest BCUT2D eigenvalue weighted by atomic mass is 32.2. The Labute approximate surface area is 237 Å². The van der Waals surface area contributed by atoms with E-state index in [9.17, 15) is 4.79 Å². The van der Waals surface area contributed by atoms with Crippen LogP contribution in [0, 0.1) is 0 Å². The van der Waals surface area contributed by atoms with Gasteiger partial charge in [0.15, 0.2) is 17.2 Å². The number of carbonyl (C=O) groups is 1. The van der Waals surface area contributed by atoms with Gasteiger partial charge in [0.2, 0.25) is 0 Å². The summed E-state index contributed by atoms with van der Waals surface area (Å²) in [6.45, 7) is 5.84. The molecule has 6 nitrogen and oxygen atoms in total. The van der Waals surface area contributed by atoms with Gasteiger partial charge in [-0.1, -0.05) is 30.3 Å². The summed E-state index contributed by atoms with van der Waals surface area (Å²) in [6, 6.07) is 22.8. The molecule has 1 amide bonds. The van der Waals surface area contributed by atoms with E-state index >= 15 is 0 Å². The number of aryl methyl sites for hydroxylation is 1. The summed E-state index contributed by atoms with van der Waals surface area (Å²) in [5.41, 5.74) is 3.29. The summed E-state index contributed by atoms with van der Waals surface area (Å²) in [6.07, 6.45) is 2.95. The third-order valence-electron chi connectivity index (χ3n) is 7.74. The zero-order valence-corrected chi connectivity index (χ0v) is 24.8. The summed E-state index contributed by atoms with van der Waals surface area (Å²) in [4.78, 5) is 17.0. The minimum atomic E-state index is -0.152. The van der Waals surface area contributed by atoms with E-state index in [2.05, 4.69) is 43.1 Å². The Morgan fingerprint density at radius 1 is 1.00 bits per heavy atom. The maximum atomic E-state index is 13.4. The van der Waals surface area contributed by atoms with Gasteiger partial charge >= 0.3 is 5.91 Å². The Bertz CT molecular complexity index is 1280. The van der Waals surface area contributed by atoms with Crippen molar-refractivity contribution in [1.29, 1.82) is 0 Å². The predicted molar refractivity (Wildman–Crippen MR) is 160 cm³/mol. The van der Waals surface area contributed by atoms with Crippen LogP contribution in [0.3, 0.4) is 0 Å². The number of hydrogen-bond acceptors (Lipinski definition) is 6. The van der Waals surface area contributed by atoms with Crippen LogP contribution in [0.5, 0.6) is 17.2 Å². The topological polar surface area (TPSA) is 48.0 Å². The van der Waals surface area contributed by atoms with Crippen molar-refractivity contribution in [2.75, 3.05) is 41.5 Å². The Morgan fingerprint density at radius 3 is 2.54 bits per heavy atom. The maximum Gasteiger partial charge on any atom is 0.337 e. The minimum absolute atomic E-state index is 0.152. The van der Waals surface area contributed by atoms with Gasteiger partial charge in [-0.15, -0.1) is 0 Å². The molecular formula is C32H41N2O4S+. The summed E-state index contributed by atoms with van der Waals surface area (Å²) in [5.74, 6) is 2.36. The third-order valence-corrected chi connectivity index (χ3v) is 9.07. The molecule has 208 valence electrons. The van der Waals surface area contributed by atoms with Crippen molar-refractivity contribution in [2.24, 2.45) is 0 Å². The van der Waals surface area contributed by atoms with Gasteiger partial charge in [-0.3, -0.25) is 0 Å². The highest BCUT2D eigenvalue weighted by Crippen LogP contribution is 2.46. The normalized spacial score (nSPS) is 19.5. The molecule has 0 bridgehead atoms. The van der Waals surface area contributed by atoms with Crippen molar-refractivity contribution in [3.63, 3.8) is 0 Å². The molecule has 0 aliphatic carbocycles. The molecule has 3 aromatic carbocycles. The van der Waals surface area contributed by atoms with Crippen LogP contribution in [-0.4, -0.2) is 58.3 Å². The van der Waals surface area contributed by atoms with Gasteiger partial charge in [0.1, 0.15) is 17.7 Å². The number of quaternary nitrogens is 1. The number of hydrogen-bond donors (Lipinski definition) is 0. The second kappa shape index (κ2) is 12.9. The third kappa shape index (κ3) is 6.60. The first-order chi connectivity index (χ1) is 18.8. The number of methoxy groups -OCH3 is 2. The molecule has 0 saturated heterocycles. The first-order valence-corrected chi connectivity index (χ1v) is 14.4. The van der Waals surface area contributed by atoms with Gasteiger partial charge in [-0.2, -0.15) is 3.89 Å². The van der Waals surface area contributed by atoms with Gasteiger partial charge in [-0.05, 0) is 75.5 Å². The molecule has 1 aliphatic rings. The van der Waals surface area contributed by atoms with E-state index in [1.165, 1.54) is 5.56 Å². The van der Waals surface area contributed by atoms with Crippen molar-refractivity contribution in [3.05, 3.63) is 77.9 Å². The quantitative estimate of drug-likeness (QED) is 0.142. The molecule has 0 N–H and O–H groups in total. The highest BCUT2D eigenvalue weighted by Gasteiger charge is 2.46. The van der Waals surface area contributed by atoms with E-state index in [1.807, 2.05) is 56.4 Å². The van der Waals surface area contributed by atoms with Crippen LogP contribution in [0.15, 0.2) is 71.6 Å². The maximum absolute atomic E-state index is 13.4. The Balaban J connectivity index is 1.27. The van der Waals surface area contributed by atoms with E-state index in [0.717, 1.165) is 59.2 Å². The molecule has 1 heterocycles. The molecular weight excluding hydrogens is 508 g/mol. The van der Waals surface area contributed by atoms with Crippen molar-refractivity contribution >= 4 is 23.5 Å². The predicted octanol–water partition coefficient (Wildman–Crippen LogP) is 6.71. The zero-order chi connectivity index (χ0) is 28.0. The molecule has 39 heavy (non-hydrogen) atoms. The second-order valence-electron chi connectivity index (χ2n) is 10.4. The first-order valence-electron chi connectivity index (χ1n) is 13.6. The number of ether oxygens (including phenoxy) is 3. The largest absolute Gasteiger partial charge is 0.493 e. The monoisotopic (exact) mass is 549 g/mol. The van der Waals surface area contributed by atoms with Gasteiger partial charge < -0.3 is 19.1 Å². The van der Waals surface area contributed by atoms with E-state index < -0.39 is 0 Å². The molecule has 0 saturated carbocycles. The van der Waals surface area contributed by atoms with Crippen LogP contribution >= 0.6 is 11.9 Å². The van der Waals surface area contributed by atoms with Crippen LogP contribution in [-0.2, 0) is 11.2 Å². The lowest BCUT2D eigenvalue weighted by Crippen LogP contribution is -2.48. The molecule has 3 atom stereocenters. The number of fused-ring (bicyclic) bond motifs is 1. The van der Waals surface area contributed by atoms with Gasteiger partial charge in [0, 0.05) is 24.7 Å². The van der Waals surface area contributed by atoms with Crippen molar-refractivity contribution < 1.29 is 19.0 Å². The molecule has 7 heteroatoms. The smallest absolute Gasteiger partial charge is 0.337 e. The van der Waals surface area contributed by atoms with Crippen LogP contribution in [0.1, 0.15) is 43.7 Å². The SMILES string of the molecule is COc1ccc(CCC(C)N(C)CCCOc2cccc([N+]3(C)Sc4ccccc4C(C)C3=O)c2)cc1OC. The molecule has 3 aromatic rings. The second-order valence-corrected chi connectivity index (χ2v) is 11.7. The Hall–Kier alpha value is -3.00. The van der Waals surface area contributed by atoms with Crippen molar-refractivity contribution in [2.45, 2.75) is 50.0 Å². The van der Waals surface area contributed by atoms with Gasteiger partial charge in [-0.25, -0.2) is 4.79 Å². The summed E-state index contributed by atoms with van der Waals surface area (Å²) < 4.78 is 17.1. The van der Waals surface area contributed by atoms with E-state index in [4.69, 9.17) is 14.2 Å². The standard InChI is InChI=1S/C32H41N2O4S/c1-23(15-16-25-17-18-29(36-5)30(21-25)37-6)33(3)19-10-20-38-27-12-9-11-26(22-27)34(4)32(35)24(2)28-13-7-8-14-31(28)39-34/h7-9,11-14,17-18,21-24H,10,15-16,19-20H2,1-6H3/q+1. The lowest BCUT2D eigenvalue weighted by Gasteiger charge is -2.35. The minimum Gasteiger partial charge on any atom is -0.493 e. The van der Waals surface area contributed by atoms with Crippen LogP contribution in [0.2, 0.25) is 0 Å². The van der Waals surface area contributed by atoms with E-state index in [-0.39, 0.29) is 15.7 Å². The fourth-order valence-electron chi connectivity index (χ4n) is 5.04. The number of rotatable bonds is 12. The lowest BCUT2D eigenvalue weighted by atomic mass is 9.99. The van der Waals surface area contributed by atoms with Crippen LogP contribution in [0.25, 0.3) is 0 Å². The molecule has 0 aromatic heterocycles. The summed E-state index contributed by atoms with van der Waals surface area (Å²) in [7, 11) is 7.48. The molecule has 0 fully saturated rings. The summed E-state index contributed by atoms with van der Waals surface area (Å²) in [5, 5.41) is 0. The van der Waals surface area contributed by atoms with Crippen molar-refractivity contribution in [3.8, 4) is 17.2 Å². The molecule has 1 aliphatic heterocycles. The molecule has 0 radical (unpaired) electrons. The highest BCUT2D eigenvalue weighted by molar-refractivity contribution is 7.99. The Kier molecular flexibility index (Phi) is 9.59. The molecule has 0 spiro atoms. The summed E-state index contributed by atoms with van der Waals surface area (Å²) >= 11 is 1.59. The lowest BCUT2D eigenvalue weighted by molar-refractivity contribution is -0.126.